The molecule has 0 aliphatic rings. The summed E-state index contributed by atoms with van der Waals surface area (Å²) in [6.07, 6.45) is 0. The number of aromatic amines is 1. The maximum absolute atomic E-state index is 5.68. The Kier molecular flexibility index (Phi) is 4.76. The Balaban J connectivity index is 2.02. The Bertz CT molecular complexity index is 915. The molecule has 2 aromatic carbocycles. The van der Waals surface area contributed by atoms with Crippen molar-refractivity contribution in [1.82, 2.24) is 20.6 Å². The predicted octanol–water partition coefficient (Wildman–Crippen LogP) is 2.64. The molecule has 0 aliphatic heterocycles. The molecule has 0 fully saturated rings. The van der Waals surface area contributed by atoms with Crippen LogP contribution >= 0.6 is 0 Å². The van der Waals surface area contributed by atoms with E-state index in [9.17, 15) is 0 Å². The van der Waals surface area contributed by atoms with Crippen LogP contribution in [0.4, 0.5) is 5.69 Å². The molecule has 1 aromatic heterocycles. The second-order valence-electron chi connectivity index (χ2n) is 5.64. The molecule has 0 amide bonds. The molecule has 0 saturated carbocycles. The van der Waals surface area contributed by atoms with Crippen molar-refractivity contribution >= 4 is 11.5 Å². The summed E-state index contributed by atoms with van der Waals surface area (Å²) in [7, 11) is 1.62. The number of nitrogens with one attached hydrogen (secondary N) is 2. The summed E-state index contributed by atoms with van der Waals surface area (Å²) in [4.78, 5) is 9.01. The van der Waals surface area contributed by atoms with Crippen LogP contribution in [0.15, 0.2) is 47.5 Å². The average Bonchev–Trinajstić information content (AvgIpc) is 3.06. The number of nitrogens with two attached hydrogens (primary N) is 1. The highest BCUT2D eigenvalue weighted by Gasteiger charge is 2.08. The minimum absolute atomic E-state index is 0.543. The third-order valence-electron chi connectivity index (χ3n) is 3.64. The zero-order valence-electron chi connectivity index (χ0n) is 14.4. The van der Waals surface area contributed by atoms with Crippen molar-refractivity contribution in [3.63, 3.8) is 0 Å². The Morgan fingerprint density at radius 1 is 1.20 bits per heavy atom. The number of hydrogen-bond acceptors (Lipinski definition) is 5. The van der Waals surface area contributed by atoms with E-state index < -0.39 is 0 Å². The first-order valence-corrected chi connectivity index (χ1v) is 7.80. The number of ether oxygens (including phenoxy) is 1. The third-order valence-corrected chi connectivity index (χ3v) is 3.64. The highest BCUT2D eigenvalue weighted by molar-refractivity contribution is 6.00. The molecular weight excluding hydrogens is 316 g/mol. The summed E-state index contributed by atoms with van der Waals surface area (Å²) < 4.78 is 5.25. The van der Waals surface area contributed by atoms with E-state index in [1.54, 1.807) is 7.11 Å². The van der Waals surface area contributed by atoms with Crippen LogP contribution in [0.1, 0.15) is 17.0 Å². The molecule has 128 valence electrons. The number of methoxy groups -OCH3 is 1. The number of amidine groups is 1. The molecular formula is C18H20N6O. The summed E-state index contributed by atoms with van der Waals surface area (Å²) in [5.41, 5.74) is 6.20. The lowest BCUT2D eigenvalue weighted by Crippen LogP contribution is -2.30. The van der Waals surface area contributed by atoms with Gasteiger partial charge in [0.2, 0.25) is 0 Å². The molecule has 3 rings (SSSR count). The van der Waals surface area contributed by atoms with Crippen LogP contribution in [0, 0.1) is 13.8 Å². The Morgan fingerprint density at radius 3 is 2.72 bits per heavy atom. The normalized spacial score (nSPS) is 11.4. The van der Waals surface area contributed by atoms with Crippen LogP contribution in [0.3, 0.4) is 0 Å². The van der Waals surface area contributed by atoms with Gasteiger partial charge in [0, 0.05) is 11.1 Å². The largest absolute Gasteiger partial charge is 0.497 e. The lowest BCUT2D eigenvalue weighted by molar-refractivity contribution is 0.414. The summed E-state index contributed by atoms with van der Waals surface area (Å²) in [5, 5.41) is 7.06. The molecule has 0 spiro atoms. The van der Waals surface area contributed by atoms with Gasteiger partial charge in [-0.05, 0) is 49.7 Å². The van der Waals surface area contributed by atoms with Crippen molar-refractivity contribution in [3.8, 4) is 17.1 Å². The van der Waals surface area contributed by atoms with E-state index in [4.69, 9.17) is 10.6 Å². The molecule has 0 radical (unpaired) electrons. The van der Waals surface area contributed by atoms with Crippen LogP contribution in [0.2, 0.25) is 0 Å². The fourth-order valence-corrected chi connectivity index (χ4v) is 2.51. The summed E-state index contributed by atoms with van der Waals surface area (Å²) in [6, 6.07) is 13.5. The number of hydrazine groups is 1. The van der Waals surface area contributed by atoms with Gasteiger partial charge in [-0.15, -0.1) is 0 Å². The van der Waals surface area contributed by atoms with Gasteiger partial charge >= 0.3 is 0 Å². The summed E-state index contributed by atoms with van der Waals surface area (Å²) >= 11 is 0. The molecule has 0 aliphatic carbocycles. The third kappa shape index (κ3) is 3.84. The predicted molar refractivity (Wildman–Crippen MR) is 97.8 cm³/mol. The number of H-pyrrole nitrogens is 1. The minimum atomic E-state index is 0.543. The lowest BCUT2D eigenvalue weighted by atomic mass is 10.1. The van der Waals surface area contributed by atoms with Crippen LogP contribution in [0.5, 0.6) is 5.75 Å². The maximum atomic E-state index is 5.68. The number of aliphatic imine (C=N–C) groups is 1. The summed E-state index contributed by atoms with van der Waals surface area (Å²) in [6.45, 7) is 3.87. The first-order chi connectivity index (χ1) is 12.1. The Hall–Kier alpha value is -3.19. The number of hydrogen-bond donors (Lipinski definition) is 3. The van der Waals surface area contributed by atoms with Crippen LogP contribution in [-0.4, -0.2) is 28.1 Å². The maximum Gasteiger partial charge on any atom is 0.181 e. The van der Waals surface area contributed by atoms with Gasteiger partial charge in [-0.2, -0.15) is 5.10 Å². The van der Waals surface area contributed by atoms with Crippen LogP contribution < -0.4 is 16.0 Å². The number of benzene rings is 2. The van der Waals surface area contributed by atoms with Crippen molar-refractivity contribution in [2.45, 2.75) is 13.8 Å². The van der Waals surface area contributed by atoms with Gasteiger partial charge in [-0.1, -0.05) is 12.1 Å². The van der Waals surface area contributed by atoms with Gasteiger partial charge in [-0.3, -0.25) is 5.10 Å². The number of aromatic nitrogens is 3. The van der Waals surface area contributed by atoms with Crippen molar-refractivity contribution in [3.05, 3.63) is 59.4 Å². The molecule has 0 atom stereocenters. The van der Waals surface area contributed by atoms with Crippen molar-refractivity contribution in [2.24, 2.45) is 10.8 Å². The molecule has 0 saturated heterocycles. The van der Waals surface area contributed by atoms with Crippen molar-refractivity contribution in [1.29, 1.82) is 0 Å². The van der Waals surface area contributed by atoms with Gasteiger partial charge in [0.1, 0.15) is 17.4 Å². The van der Waals surface area contributed by atoms with E-state index in [1.165, 1.54) is 0 Å². The van der Waals surface area contributed by atoms with Gasteiger partial charge in [-0.25, -0.2) is 15.8 Å². The van der Waals surface area contributed by atoms with E-state index in [0.717, 1.165) is 34.0 Å². The van der Waals surface area contributed by atoms with E-state index in [0.29, 0.717) is 11.7 Å². The zero-order chi connectivity index (χ0) is 17.8. The zero-order valence-corrected chi connectivity index (χ0v) is 14.4. The molecule has 0 unspecified atom stereocenters. The molecule has 7 heteroatoms. The van der Waals surface area contributed by atoms with E-state index >= 15 is 0 Å². The van der Waals surface area contributed by atoms with Gasteiger partial charge in [0.05, 0.1) is 12.8 Å². The average molecular weight is 336 g/mol. The first-order valence-electron chi connectivity index (χ1n) is 7.80. The number of nitrogens with zero attached hydrogens (tertiary/aromatic N) is 3. The molecule has 4 N–H and O–H groups in total. The highest BCUT2D eigenvalue weighted by atomic mass is 16.5. The Morgan fingerprint density at radius 2 is 2.04 bits per heavy atom. The Labute approximate surface area is 145 Å². The standard InChI is InChI=1S/C18H20N6O/c1-11-7-14(18-20-12(2)23-24-18)9-15(8-11)21-17(22-19)13-5-4-6-16(10-13)25-3/h4-10H,19H2,1-3H3,(H,21,22)(H,20,23,24). The van der Waals surface area contributed by atoms with Gasteiger partial charge in [0.15, 0.2) is 5.82 Å². The fraction of sp³-hybridized carbons (Fsp3) is 0.167. The van der Waals surface area contributed by atoms with Crippen molar-refractivity contribution < 1.29 is 4.74 Å². The number of aryl methyl sites for hydroxylation is 2. The first kappa shape index (κ1) is 16.7. The lowest BCUT2D eigenvalue weighted by Gasteiger charge is -2.09. The van der Waals surface area contributed by atoms with E-state index in [1.807, 2.05) is 56.3 Å². The quantitative estimate of drug-likeness (QED) is 0.294. The van der Waals surface area contributed by atoms with Gasteiger partial charge in [0.25, 0.3) is 0 Å². The second-order valence-corrected chi connectivity index (χ2v) is 5.64. The monoisotopic (exact) mass is 336 g/mol. The van der Waals surface area contributed by atoms with Crippen LogP contribution in [0.25, 0.3) is 11.4 Å². The fourth-order valence-electron chi connectivity index (χ4n) is 2.51. The topological polar surface area (TPSA) is 101 Å². The van der Waals surface area contributed by atoms with Crippen LogP contribution in [-0.2, 0) is 0 Å². The molecule has 0 bridgehead atoms. The second kappa shape index (κ2) is 7.14. The highest BCUT2D eigenvalue weighted by Crippen LogP contribution is 2.25. The molecule has 1 heterocycles. The molecule has 25 heavy (non-hydrogen) atoms. The SMILES string of the molecule is COc1cccc(C(=Nc2cc(C)cc(-c3n[nH]c(C)n3)c2)NN)c1. The molecule has 7 nitrogen and oxygen atoms in total. The number of rotatable bonds is 4. The van der Waals surface area contributed by atoms with Crippen molar-refractivity contribution in [2.75, 3.05) is 7.11 Å². The van der Waals surface area contributed by atoms with E-state index in [-0.39, 0.29) is 0 Å². The van der Waals surface area contributed by atoms with E-state index in [2.05, 4.69) is 25.6 Å². The summed E-state index contributed by atoms with van der Waals surface area (Å²) in [5.74, 6) is 8.37. The minimum Gasteiger partial charge on any atom is -0.497 e. The molecule has 3 aromatic rings. The van der Waals surface area contributed by atoms with Gasteiger partial charge < -0.3 is 10.2 Å². The smallest absolute Gasteiger partial charge is 0.181 e.